The number of nitrogens with zero attached hydrogens (tertiary/aromatic N) is 1. The molecule has 2 fully saturated rings. The quantitative estimate of drug-likeness (QED) is 0.514. The van der Waals surface area contributed by atoms with Gasteiger partial charge in [-0.05, 0) is 37.1 Å². The highest BCUT2D eigenvalue weighted by Gasteiger charge is 2.46. The Kier molecular flexibility index (Phi) is 1.54. The molecule has 1 heteroatoms. The first-order chi connectivity index (χ1) is 5.10. The summed E-state index contributed by atoms with van der Waals surface area (Å²) in [6.45, 7) is 7.59. The molecule has 2 aliphatic rings. The van der Waals surface area contributed by atoms with Gasteiger partial charge in [0.15, 0.2) is 0 Å². The molecular weight excluding hydrogens is 134 g/mol. The van der Waals surface area contributed by atoms with E-state index in [2.05, 4.69) is 25.8 Å². The van der Waals surface area contributed by atoms with E-state index in [1.54, 1.807) is 0 Å². The van der Waals surface area contributed by atoms with Crippen molar-refractivity contribution in [2.75, 3.05) is 20.1 Å². The largest absolute Gasteiger partial charge is 0.306 e. The van der Waals surface area contributed by atoms with Gasteiger partial charge in [-0.15, -0.1) is 0 Å². The summed E-state index contributed by atoms with van der Waals surface area (Å²) < 4.78 is 0. The van der Waals surface area contributed by atoms with E-state index in [1.807, 2.05) is 0 Å². The fraction of sp³-hybridized carbons (Fsp3) is 1.00. The fourth-order valence-electron chi connectivity index (χ4n) is 2.96. The maximum absolute atomic E-state index is 2.51. The third-order valence-corrected chi connectivity index (χ3v) is 4.03. The Labute approximate surface area is 69.8 Å². The number of likely N-dealkylation sites (tertiary alicyclic amines) is 1. The minimum atomic E-state index is 0.645. The monoisotopic (exact) mass is 153 g/mol. The van der Waals surface area contributed by atoms with Gasteiger partial charge in [-0.3, -0.25) is 0 Å². The third-order valence-electron chi connectivity index (χ3n) is 4.03. The average molecular weight is 153 g/mol. The molecule has 0 spiro atoms. The molecule has 1 aliphatic heterocycles. The number of hydrogen-bond acceptors (Lipinski definition) is 1. The van der Waals surface area contributed by atoms with Crippen LogP contribution in [0.1, 0.15) is 26.7 Å². The predicted octanol–water partition coefficient (Wildman–Crippen LogP) is 1.98. The molecule has 1 saturated carbocycles. The summed E-state index contributed by atoms with van der Waals surface area (Å²) in [6, 6.07) is 0. The fourth-order valence-corrected chi connectivity index (χ4v) is 2.96. The van der Waals surface area contributed by atoms with E-state index in [1.165, 1.54) is 25.9 Å². The van der Waals surface area contributed by atoms with Crippen molar-refractivity contribution in [1.82, 2.24) is 4.90 Å². The highest BCUT2D eigenvalue weighted by Crippen LogP contribution is 2.50. The van der Waals surface area contributed by atoms with Crippen LogP contribution in [-0.2, 0) is 0 Å². The normalized spacial score (nSPS) is 42.8. The molecule has 11 heavy (non-hydrogen) atoms. The van der Waals surface area contributed by atoms with E-state index in [-0.39, 0.29) is 0 Å². The number of fused-ring (bicyclic) bond motifs is 2. The zero-order valence-corrected chi connectivity index (χ0v) is 7.93. The Morgan fingerprint density at radius 3 is 2.00 bits per heavy atom. The second-order valence-corrected chi connectivity index (χ2v) is 5.01. The van der Waals surface area contributed by atoms with Gasteiger partial charge in [0.1, 0.15) is 0 Å². The summed E-state index contributed by atoms with van der Waals surface area (Å²) in [4.78, 5) is 2.51. The third kappa shape index (κ3) is 1.01. The van der Waals surface area contributed by atoms with Crippen LogP contribution in [0.25, 0.3) is 0 Å². The van der Waals surface area contributed by atoms with Crippen LogP contribution < -0.4 is 0 Å². The second-order valence-electron chi connectivity index (χ2n) is 5.01. The topological polar surface area (TPSA) is 3.24 Å². The number of rotatable bonds is 0. The molecule has 1 heterocycles. The van der Waals surface area contributed by atoms with E-state index in [0.29, 0.717) is 5.41 Å². The summed E-state index contributed by atoms with van der Waals surface area (Å²) in [5.74, 6) is 1.96. The lowest BCUT2D eigenvalue weighted by Crippen LogP contribution is -2.44. The number of hydrogen-bond donors (Lipinski definition) is 0. The van der Waals surface area contributed by atoms with Crippen LogP contribution in [0, 0.1) is 17.3 Å². The number of piperidine rings is 1. The summed E-state index contributed by atoms with van der Waals surface area (Å²) >= 11 is 0. The van der Waals surface area contributed by atoms with Gasteiger partial charge in [-0.1, -0.05) is 13.8 Å². The maximum atomic E-state index is 2.51. The van der Waals surface area contributed by atoms with Gasteiger partial charge in [0.25, 0.3) is 0 Å². The van der Waals surface area contributed by atoms with E-state index in [0.717, 1.165) is 11.8 Å². The molecule has 0 aromatic heterocycles. The highest BCUT2D eigenvalue weighted by molar-refractivity contribution is 4.97. The Balaban J connectivity index is 2.19. The van der Waals surface area contributed by atoms with Crippen LogP contribution in [0.2, 0.25) is 0 Å². The zero-order valence-electron chi connectivity index (χ0n) is 7.93. The molecule has 2 atom stereocenters. The maximum Gasteiger partial charge on any atom is 0.00119 e. The zero-order chi connectivity index (χ0) is 8.06. The van der Waals surface area contributed by atoms with Crippen molar-refractivity contribution >= 4 is 0 Å². The van der Waals surface area contributed by atoms with E-state index < -0.39 is 0 Å². The lowest BCUT2D eigenvalue weighted by molar-refractivity contribution is 0.0641. The first-order valence-electron chi connectivity index (χ1n) is 4.79. The smallest absolute Gasteiger partial charge is 0.00119 e. The van der Waals surface area contributed by atoms with Crippen molar-refractivity contribution in [3.05, 3.63) is 0 Å². The second kappa shape index (κ2) is 2.22. The van der Waals surface area contributed by atoms with Crippen molar-refractivity contribution < 1.29 is 0 Å². The van der Waals surface area contributed by atoms with Crippen LogP contribution in [0.15, 0.2) is 0 Å². The Morgan fingerprint density at radius 1 is 1.09 bits per heavy atom. The molecule has 0 radical (unpaired) electrons. The molecule has 2 bridgehead atoms. The van der Waals surface area contributed by atoms with Crippen molar-refractivity contribution in [3.63, 3.8) is 0 Å². The summed E-state index contributed by atoms with van der Waals surface area (Å²) in [7, 11) is 2.26. The standard InChI is InChI=1S/C10H19N/c1-10(2)8-4-5-9(10)7-11(3)6-8/h8-9H,4-7H2,1-3H3. The van der Waals surface area contributed by atoms with Crippen LogP contribution >= 0.6 is 0 Å². The molecular formula is C10H19N. The van der Waals surface area contributed by atoms with Gasteiger partial charge < -0.3 is 4.90 Å². The minimum Gasteiger partial charge on any atom is -0.306 e. The van der Waals surface area contributed by atoms with Gasteiger partial charge in [0.05, 0.1) is 0 Å². The van der Waals surface area contributed by atoms with Crippen molar-refractivity contribution in [3.8, 4) is 0 Å². The van der Waals surface area contributed by atoms with E-state index in [4.69, 9.17) is 0 Å². The van der Waals surface area contributed by atoms with Gasteiger partial charge in [-0.25, -0.2) is 0 Å². The molecule has 2 rings (SSSR count). The SMILES string of the molecule is CN1CC2CCC(C1)C2(C)C. The van der Waals surface area contributed by atoms with Crippen molar-refractivity contribution in [2.24, 2.45) is 17.3 Å². The van der Waals surface area contributed by atoms with Crippen LogP contribution in [0.4, 0.5) is 0 Å². The molecule has 1 nitrogen and oxygen atoms in total. The van der Waals surface area contributed by atoms with Gasteiger partial charge >= 0.3 is 0 Å². The lowest BCUT2D eigenvalue weighted by Gasteiger charge is -2.42. The molecule has 0 aromatic carbocycles. The lowest BCUT2D eigenvalue weighted by atomic mass is 9.73. The van der Waals surface area contributed by atoms with Gasteiger partial charge in [-0.2, -0.15) is 0 Å². The predicted molar refractivity (Wildman–Crippen MR) is 47.5 cm³/mol. The summed E-state index contributed by atoms with van der Waals surface area (Å²) in [5.41, 5.74) is 0.645. The molecule has 1 aliphatic carbocycles. The minimum absolute atomic E-state index is 0.645. The first kappa shape index (κ1) is 7.60. The Morgan fingerprint density at radius 2 is 1.55 bits per heavy atom. The molecule has 0 amide bonds. The first-order valence-corrected chi connectivity index (χ1v) is 4.79. The van der Waals surface area contributed by atoms with Crippen LogP contribution in [0.5, 0.6) is 0 Å². The van der Waals surface area contributed by atoms with E-state index in [9.17, 15) is 0 Å². The van der Waals surface area contributed by atoms with Crippen molar-refractivity contribution in [2.45, 2.75) is 26.7 Å². The van der Waals surface area contributed by atoms with Crippen LogP contribution in [0.3, 0.4) is 0 Å². The van der Waals surface area contributed by atoms with Crippen molar-refractivity contribution in [1.29, 1.82) is 0 Å². The molecule has 0 N–H and O–H groups in total. The Hall–Kier alpha value is -0.0400. The highest BCUT2D eigenvalue weighted by atomic mass is 15.1. The summed E-state index contributed by atoms with van der Waals surface area (Å²) in [6.07, 6.45) is 2.95. The molecule has 0 aromatic rings. The molecule has 2 unspecified atom stereocenters. The average Bonchev–Trinajstić information content (AvgIpc) is 2.19. The van der Waals surface area contributed by atoms with Crippen LogP contribution in [-0.4, -0.2) is 25.0 Å². The van der Waals surface area contributed by atoms with Gasteiger partial charge in [0, 0.05) is 13.1 Å². The molecule has 64 valence electrons. The van der Waals surface area contributed by atoms with E-state index >= 15 is 0 Å². The molecule has 1 saturated heterocycles. The van der Waals surface area contributed by atoms with Gasteiger partial charge in [0.2, 0.25) is 0 Å². The summed E-state index contributed by atoms with van der Waals surface area (Å²) in [5, 5.41) is 0. The Bertz CT molecular complexity index is 146.